The average molecular weight is 323 g/mol. The first kappa shape index (κ1) is 12.1. The first-order valence-electron chi connectivity index (χ1n) is 5.86. The van der Waals surface area contributed by atoms with Crippen LogP contribution < -0.4 is 5.56 Å². The average Bonchev–Trinajstić information content (AvgIpc) is 2.99. The maximum Gasteiger partial charge on any atom is 0.287 e. The van der Waals surface area contributed by atoms with Gasteiger partial charge in [0.25, 0.3) is 5.56 Å². The zero-order chi connectivity index (χ0) is 13.4. The predicted molar refractivity (Wildman–Crippen MR) is 73.3 cm³/mol. The van der Waals surface area contributed by atoms with Crippen LogP contribution in [0.5, 0.6) is 0 Å². The third-order valence-corrected chi connectivity index (χ3v) is 3.64. The molecule has 0 fully saturated rings. The van der Waals surface area contributed by atoms with Crippen molar-refractivity contribution in [3.05, 3.63) is 33.2 Å². The Morgan fingerprint density at radius 3 is 3.00 bits per heavy atom. The second-order valence-electron chi connectivity index (χ2n) is 4.09. The fourth-order valence-corrected chi connectivity index (χ4v) is 2.41. The van der Waals surface area contributed by atoms with E-state index in [-0.39, 0.29) is 5.56 Å². The zero-order valence-corrected chi connectivity index (χ0v) is 11.7. The number of H-pyrrole nitrogens is 2. The van der Waals surface area contributed by atoms with Gasteiger partial charge in [0, 0.05) is 0 Å². The van der Waals surface area contributed by atoms with Gasteiger partial charge in [0.05, 0.1) is 12.0 Å². The molecule has 0 aliphatic rings. The molecule has 98 valence electrons. The van der Waals surface area contributed by atoms with E-state index < -0.39 is 0 Å². The fraction of sp³-hybridized carbons (Fsp3) is 0.273. The third kappa shape index (κ3) is 1.88. The molecule has 0 aliphatic carbocycles. The van der Waals surface area contributed by atoms with Gasteiger partial charge in [-0.15, -0.1) is 0 Å². The molecule has 8 heteroatoms. The molecular formula is C11H11BrN6O. The van der Waals surface area contributed by atoms with Crippen LogP contribution in [0.1, 0.15) is 19.0 Å². The van der Waals surface area contributed by atoms with Crippen molar-refractivity contribution in [2.75, 3.05) is 0 Å². The van der Waals surface area contributed by atoms with Gasteiger partial charge < -0.3 is 4.98 Å². The lowest BCUT2D eigenvalue weighted by Gasteiger charge is -2.01. The van der Waals surface area contributed by atoms with Gasteiger partial charge in [-0.05, 0) is 22.4 Å². The zero-order valence-electron chi connectivity index (χ0n) is 10.1. The molecule has 0 bridgehead atoms. The largest absolute Gasteiger partial charge is 0.340 e. The second kappa shape index (κ2) is 4.61. The number of halogens is 1. The molecule has 0 unspecified atom stereocenters. The van der Waals surface area contributed by atoms with E-state index in [9.17, 15) is 4.79 Å². The third-order valence-electron chi connectivity index (χ3n) is 2.82. The Balaban J connectivity index is 2.24. The summed E-state index contributed by atoms with van der Waals surface area (Å²) < 4.78 is 1.94. The minimum Gasteiger partial charge on any atom is -0.340 e. The summed E-state index contributed by atoms with van der Waals surface area (Å²) in [5.41, 5.74) is 1.85. The van der Waals surface area contributed by atoms with Gasteiger partial charge in [0.15, 0.2) is 11.5 Å². The Labute approximate surface area is 116 Å². The van der Waals surface area contributed by atoms with Gasteiger partial charge in [-0.1, -0.05) is 13.3 Å². The van der Waals surface area contributed by atoms with E-state index in [0.29, 0.717) is 21.5 Å². The van der Waals surface area contributed by atoms with Gasteiger partial charge in [0.2, 0.25) is 0 Å². The summed E-state index contributed by atoms with van der Waals surface area (Å²) in [6.07, 6.45) is 4.65. The first-order valence-corrected chi connectivity index (χ1v) is 6.65. The lowest BCUT2D eigenvalue weighted by molar-refractivity contribution is 0.777. The fourth-order valence-electron chi connectivity index (χ4n) is 1.95. The van der Waals surface area contributed by atoms with Crippen LogP contribution in [0.2, 0.25) is 0 Å². The molecule has 0 aromatic carbocycles. The molecule has 19 heavy (non-hydrogen) atoms. The standard InChI is InChI=1S/C11H11BrN6O/c1-2-3-6-7(12)11(19)18(17-6)10-8-9(14-4-13-8)15-5-16-10/h4-5,17H,2-3H2,1H3,(H,13,14,15,16). The summed E-state index contributed by atoms with van der Waals surface area (Å²) in [5.74, 6) is 0.468. The molecule has 0 saturated carbocycles. The molecule has 3 aromatic heterocycles. The monoisotopic (exact) mass is 322 g/mol. The smallest absolute Gasteiger partial charge is 0.287 e. The number of rotatable bonds is 3. The molecule has 0 spiro atoms. The quantitative estimate of drug-likeness (QED) is 0.765. The van der Waals surface area contributed by atoms with Gasteiger partial charge in [-0.25, -0.2) is 15.0 Å². The highest BCUT2D eigenvalue weighted by Crippen LogP contribution is 2.16. The summed E-state index contributed by atoms with van der Waals surface area (Å²) in [6.45, 7) is 2.06. The highest BCUT2D eigenvalue weighted by atomic mass is 79.9. The number of aryl methyl sites for hydroxylation is 1. The summed E-state index contributed by atoms with van der Waals surface area (Å²) in [6, 6.07) is 0. The van der Waals surface area contributed by atoms with Crippen LogP contribution in [0.3, 0.4) is 0 Å². The van der Waals surface area contributed by atoms with Crippen LogP contribution in [-0.4, -0.2) is 29.7 Å². The SMILES string of the molecule is CCCc1[nH]n(-c2ncnc3nc[nH]c23)c(=O)c1Br. The van der Waals surface area contributed by atoms with E-state index in [4.69, 9.17) is 0 Å². The molecule has 0 atom stereocenters. The Bertz CT molecular complexity index is 786. The molecule has 3 aromatic rings. The van der Waals surface area contributed by atoms with E-state index in [1.807, 2.05) is 0 Å². The molecule has 3 rings (SSSR count). The second-order valence-corrected chi connectivity index (χ2v) is 4.89. The van der Waals surface area contributed by atoms with Crippen molar-refractivity contribution in [1.82, 2.24) is 29.7 Å². The highest BCUT2D eigenvalue weighted by Gasteiger charge is 2.16. The van der Waals surface area contributed by atoms with Crippen molar-refractivity contribution >= 4 is 27.1 Å². The number of aromatic nitrogens is 6. The lowest BCUT2D eigenvalue weighted by atomic mass is 10.3. The van der Waals surface area contributed by atoms with Crippen LogP contribution in [0.15, 0.2) is 21.9 Å². The Kier molecular flexibility index (Phi) is 2.94. The summed E-state index contributed by atoms with van der Waals surface area (Å²) in [4.78, 5) is 27.4. The van der Waals surface area contributed by atoms with Crippen molar-refractivity contribution in [1.29, 1.82) is 0 Å². The van der Waals surface area contributed by atoms with E-state index in [2.05, 4.69) is 47.9 Å². The van der Waals surface area contributed by atoms with Crippen LogP contribution >= 0.6 is 15.9 Å². The van der Waals surface area contributed by atoms with Crippen LogP contribution in [0.4, 0.5) is 0 Å². The molecule has 3 heterocycles. The molecule has 2 N–H and O–H groups in total. The topological polar surface area (TPSA) is 92.2 Å². The van der Waals surface area contributed by atoms with E-state index in [1.165, 1.54) is 17.3 Å². The van der Waals surface area contributed by atoms with Crippen molar-refractivity contribution in [3.8, 4) is 5.82 Å². The van der Waals surface area contributed by atoms with Crippen LogP contribution in [-0.2, 0) is 6.42 Å². The normalized spacial score (nSPS) is 11.3. The molecule has 0 aliphatic heterocycles. The summed E-state index contributed by atoms with van der Waals surface area (Å²) in [7, 11) is 0. The summed E-state index contributed by atoms with van der Waals surface area (Å²) in [5, 5.41) is 3.07. The van der Waals surface area contributed by atoms with E-state index in [1.54, 1.807) is 0 Å². The minimum absolute atomic E-state index is 0.168. The van der Waals surface area contributed by atoms with Gasteiger partial charge >= 0.3 is 0 Å². The number of hydrogen-bond acceptors (Lipinski definition) is 4. The molecule has 0 radical (unpaired) electrons. The number of imidazole rings is 1. The maximum atomic E-state index is 12.2. The Hall–Kier alpha value is -1.96. The number of aromatic amines is 2. The van der Waals surface area contributed by atoms with Gasteiger partial charge in [-0.3, -0.25) is 9.89 Å². The van der Waals surface area contributed by atoms with Crippen LogP contribution in [0.25, 0.3) is 17.0 Å². The molecule has 0 saturated heterocycles. The molecule has 7 nitrogen and oxygen atoms in total. The van der Waals surface area contributed by atoms with Crippen molar-refractivity contribution in [3.63, 3.8) is 0 Å². The van der Waals surface area contributed by atoms with Gasteiger partial charge in [0.1, 0.15) is 16.3 Å². The van der Waals surface area contributed by atoms with E-state index >= 15 is 0 Å². The Morgan fingerprint density at radius 2 is 2.21 bits per heavy atom. The van der Waals surface area contributed by atoms with Crippen molar-refractivity contribution in [2.24, 2.45) is 0 Å². The molecular weight excluding hydrogens is 312 g/mol. The lowest BCUT2D eigenvalue weighted by Crippen LogP contribution is -2.16. The Morgan fingerprint density at radius 1 is 1.37 bits per heavy atom. The summed E-state index contributed by atoms with van der Waals surface area (Å²) >= 11 is 3.32. The molecule has 0 amide bonds. The number of nitrogens with one attached hydrogen (secondary N) is 2. The predicted octanol–water partition coefficient (Wildman–Crippen LogP) is 1.55. The minimum atomic E-state index is -0.168. The van der Waals surface area contributed by atoms with E-state index in [0.717, 1.165) is 18.5 Å². The van der Waals surface area contributed by atoms with Crippen molar-refractivity contribution < 1.29 is 0 Å². The van der Waals surface area contributed by atoms with Crippen molar-refractivity contribution in [2.45, 2.75) is 19.8 Å². The highest BCUT2D eigenvalue weighted by molar-refractivity contribution is 9.10. The number of fused-ring (bicyclic) bond motifs is 1. The van der Waals surface area contributed by atoms with Crippen LogP contribution in [0, 0.1) is 0 Å². The van der Waals surface area contributed by atoms with Gasteiger partial charge in [-0.2, -0.15) is 4.68 Å². The number of nitrogens with zero attached hydrogens (tertiary/aromatic N) is 4. The maximum absolute atomic E-state index is 12.2. The number of hydrogen-bond donors (Lipinski definition) is 2. The first-order chi connectivity index (χ1) is 9.22.